The predicted octanol–water partition coefficient (Wildman–Crippen LogP) is 2.32. The zero-order valence-corrected chi connectivity index (χ0v) is 11.1. The summed E-state index contributed by atoms with van der Waals surface area (Å²) in [6.07, 6.45) is 1.63. The molecule has 0 unspecified atom stereocenters. The summed E-state index contributed by atoms with van der Waals surface area (Å²) in [4.78, 5) is 2.34. The van der Waals surface area contributed by atoms with E-state index in [-0.39, 0.29) is 0 Å². The summed E-state index contributed by atoms with van der Waals surface area (Å²) < 4.78 is 0. The van der Waals surface area contributed by atoms with Crippen LogP contribution in [0.3, 0.4) is 0 Å². The van der Waals surface area contributed by atoms with Gasteiger partial charge in [-0.2, -0.15) is 0 Å². The van der Waals surface area contributed by atoms with Gasteiger partial charge in [0.25, 0.3) is 0 Å². The lowest BCUT2D eigenvalue weighted by Crippen LogP contribution is -2.54. The van der Waals surface area contributed by atoms with Gasteiger partial charge in [0, 0.05) is 19.0 Å². The van der Waals surface area contributed by atoms with Gasteiger partial charge in [0.15, 0.2) is 0 Å². The van der Waals surface area contributed by atoms with Crippen LogP contribution in [0.15, 0.2) is 30.3 Å². The first-order valence-electron chi connectivity index (χ1n) is 6.48. The van der Waals surface area contributed by atoms with Gasteiger partial charge >= 0.3 is 0 Å². The van der Waals surface area contributed by atoms with E-state index in [1.54, 1.807) is 0 Å². The van der Waals surface area contributed by atoms with Crippen LogP contribution < -0.4 is 0 Å². The van der Waals surface area contributed by atoms with Crippen molar-refractivity contribution in [3.05, 3.63) is 35.9 Å². The number of likely N-dealkylation sites (tertiary alicyclic amines) is 1. The molecule has 1 aromatic carbocycles. The highest BCUT2D eigenvalue weighted by Crippen LogP contribution is 2.33. The molecule has 0 radical (unpaired) electrons. The summed E-state index contributed by atoms with van der Waals surface area (Å²) in [5, 5.41) is 10.9. The molecule has 0 aromatic heterocycles. The van der Waals surface area contributed by atoms with E-state index in [0.29, 0.717) is 12.0 Å². The molecule has 0 spiro atoms. The summed E-state index contributed by atoms with van der Waals surface area (Å²) in [6.45, 7) is 5.33. The van der Waals surface area contributed by atoms with Crippen molar-refractivity contribution in [3.8, 4) is 0 Å². The van der Waals surface area contributed by atoms with Crippen molar-refractivity contribution in [2.75, 3.05) is 13.6 Å². The molecule has 2 nitrogen and oxygen atoms in total. The average molecular weight is 233 g/mol. The molecule has 2 rings (SSSR count). The number of rotatable bonds is 2. The van der Waals surface area contributed by atoms with Crippen LogP contribution in [0.1, 0.15) is 25.8 Å². The van der Waals surface area contributed by atoms with Gasteiger partial charge in [0.05, 0.1) is 5.60 Å². The maximum absolute atomic E-state index is 10.9. The fraction of sp³-hybridized carbons (Fsp3) is 0.600. The first kappa shape index (κ1) is 12.6. The fourth-order valence-corrected chi connectivity index (χ4v) is 2.85. The number of benzene rings is 1. The van der Waals surface area contributed by atoms with E-state index in [4.69, 9.17) is 0 Å². The second kappa shape index (κ2) is 4.79. The molecule has 94 valence electrons. The Hall–Kier alpha value is -0.860. The molecule has 0 bridgehead atoms. The molecular weight excluding hydrogens is 210 g/mol. The van der Waals surface area contributed by atoms with Crippen molar-refractivity contribution in [2.24, 2.45) is 5.92 Å². The van der Waals surface area contributed by atoms with Crippen LogP contribution in [0.4, 0.5) is 0 Å². The van der Waals surface area contributed by atoms with Gasteiger partial charge in [-0.05, 0) is 31.9 Å². The quantitative estimate of drug-likeness (QED) is 0.847. The minimum absolute atomic E-state index is 0.323. The molecule has 1 heterocycles. The van der Waals surface area contributed by atoms with Crippen LogP contribution in [0.2, 0.25) is 0 Å². The smallest absolute Gasteiger partial charge is 0.0740 e. The van der Waals surface area contributed by atoms with Gasteiger partial charge in [0.2, 0.25) is 0 Å². The van der Waals surface area contributed by atoms with E-state index in [1.165, 1.54) is 5.56 Å². The molecule has 17 heavy (non-hydrogen) atoms. The third kappa shape index (κ3) is 2.70. The van der Waals surface area contributed by atoms with E-state index < -0.39 is 5.60 Å². The van der Waals surface area contributed by atoms with Gasteiger partial charge in [-0.1, -0.05) is 37.3 Å². The first-order valence-corrected chi connectivity index (χ1v) is 6.48. The highest BCUT2D eigenvalue weighted by atomic mass is 16.3. The lowest BCUT2D eigenvalue weighted by molar-refractivity contribution is -0.0778. The minimum Gasteiger partial charge on any atom is -0.389 e. The minimum atomic E-state index is -0.548. The molecule has 0 saturated carbocycles. The Balaban J connectivity index is 2.13. The Morgan fingerprint density at radius 1 is 1.29 bits per heavy atom. The Kier molecular flexibility index (Phi) is 3.55. The van der Waals surface area contributed by atoms with Crippen molar-refractivity contribution in [3.63, 3.8) is 0 Å². The molecule has 1 fully saturated rings. The summed E-state index contributed by atoms with van der Waals surface area (Å²) in [5.74, 6) is 0.323. The predicted molar refractivity (Wildman–Crippen MR) is 71.0 cm³/mol. The maximum Gasteiger partial charge on any atom is 0.0740 e. The first-order chi connectivity index (χ1) is 8.01. The van der Waals surface area contributed by atoms with Crippen molar-refractivity contribution in [1.82, 2.24) is 4.90 Å². The largest absolute Gasteiger partial charge is 0.389 e. The monoisotopic (exact) mass is 233 g/mol. The van der Waals surface area contributed by atoms with E-state index >= 15 is 0 Å². The number of hydrogen-bond acceptors (Lipinski definition) is 2. The van der Waals surface area contributed by atoms with Crippen LogP contribution in [0.5, 0.6) is 0 Å². The highest BCUT2D eigenvalue weighted by Gasteiger charge is 2.40. The van der Waals surface area contributed by atoms with Gasteiger partial charge in [-0.3, -0.25) is 0 Å². The van der Waals surface area contributed by atoms with Crippen LogP contribution in [-0.2, 0) is 6.42 Å². The highest BCUT2D eigenvalue weighted by molar-refractivity contribution is 5.18. The number of nitrogens with zero attached hydrogens (tertiary/aromatic N) is 1. The van der Waals surface area contributed by atoms with Gasteiger partial charge in [-0.15, -0.1) is 0 Å². The van der Waals surface area contributed by atoms with Crippen LogP contribution in [0.25, 0.3) is 0 Å². The van der Waals surface area contributed by atoms with Gasteiger partial charge in [0.1, 0.15) is 0 Å². The maximum atomic E-state index is 10.9. The summed E-state index contributed by atoms with van der Waals surface area (Å²) >= 11 is 0. The standard InChI is InChI=1S/C15H23NO/c1-12-11-16(3)13(2)9-15(12,17)10-14-7-5-4-6-8-14/h4-8,12-13,17H,9-11H2,1-3H3/t12-,13+,15-/m0/s1. The molecule has 0 amide bonds. The summed E-state index contributed by atoms with van der Waals surface area (Å²) in [5.41, 5.74) is 0.686. The van der Waals surface area contributed by atoms with E-state index in [0.717, 1.165) is 19.4 Å². The number of aliphatic hydroxyl groups is 1. The lowest BCUT2D eigenvalue weighted by Gasteiger charge is -2.46. The Labute approximate surface area is 104 Å². The van der Waals surface area contributed by atoms with Crippen LogP contribution in [0, 0.1) is 5.92 Å². The third-order valence-corrected chi connectivity index (χ3v) is 4.23. The number of hydrogen-bond donors (Lipinski definition) is 1. The molecule has 1 saturated heterocycles. The molecule has 0 aliphatic carbocycles. The zero-order chi connectivity index (χ0) is 12.5. The van der Waals surface area contributed by atoms with Gasteiger partial charge in [-0.25, -0.2) is 0 Å². The molecule has 3 atom stereocenters. The van der Waals surface area contributed by atoms with E-state index in [9.17, 15) is 5.11 Å². The molecule has 1 aliphatic rings. The molecular formula is C15H23NO. The molecule has 1 N–H and O–H groups in total. The van der Waals surface area contributed by atoms with Crippen LogP contribution in [-0.4, -0.2) is 35.2 Å². The Morgan fingerprint density at radius 3 is 2.59 bits per heavy atom. The van der Waals surface area contributed by atoms with Crippen molar-refractivity contribution >= 4 is 0 Å². The van der Waals surface area contributed by atoms with Gasteiger partial charge < -0.3 is 10.0 Å². The average Bonchev–Trinajstić information content (AvgIpc) is 2.28. The summed E-state index contributed by atoms with van der Waals surface area (Å²) in [6, 6.07) is 10.8. The van der Waals surface area contributed by atoms with Crippen LogP contribution >= 0.6 is 0 Å². The van der Waals surface area contributed by atoms with Crippen molar-refractivity contribution in [1.29, 1.82) is 0 Å². The van der Waals surface area contributed by atoms with Crippen molar-refractivity contribution in [2.45, 2.75) is 38.3 Å². The van der Waals surface area contributed by atoms with E-state index in [1.807, 2.05) is 18.2 Å². The fourth-order valence-electron chi connectivity index (χ4n) is 2.85. The third-order valence-electron chi connectivity index (χ3n) is 4.23. The second-order valence-corrected chi connectivity index (χ2v) is 5.66. The van der Waals surface area contributed by atoms with E-state index in [2.05, 4.69) is 37.9 Å². The topological polar surface area (TPSA) is 23.5 Å². The lowest BCUT2D eigenvalue weighted by atomic mass is 9.75. The molecule has 2 heteroatoms. The Morgan fingerprint density at radius 2 is 1.94 bits per heavy atom. The zero-order valence-electron chi connectivity index (χ0n) is 11.1. The molecule has 1 aromatic rings. The number of piperidine rings is 1. The normalized spacial score (nSPS) is 34.8. The SMILES string of the molecule is C[C@@H]1C[C@](O)(Cc2ccccc2)[C@@H](C)CN1C. The second-order valence-electron chi connectivity index (χ2n) is 5.66. The molecule has 1 aliphatic heterocycles. The Bertz CT molecular complexity index is 364. The van der Waals surface area contributed by atoms with Crippen molar-refractivity contribution < 1.29 is 5.11 Å². The summed E-state index contributed by atoms with van der Waals surface area (Å²) in [7, 11) is 2.14.